The van der Waals surface area contributed by atoms with Gasteiger partial charge in [0.25, 0.3) is 0 Å². The molecule has 0 fully saturated rings. The predicted octanol–water partition coefficient (Wildman–Crippen LogP) is 2.76. The standard InChI is InChI=1S/C12H13NS.2C4H6O4/c13-7-8-14-12-6-5-10-3-1-2-4-11(10)9-12;2*5-3(6)1-2-4(7)8/h1-6,9H,7-8,13H2;2*1-2H2,(H,5,6)(H,7,8). The molecule has 0 saturated carbocycles. The minimum atomic E-state index is -1.08. The number of fused-ring (bicyclic) bond motifs is 1. The van der Waals surface area contributed by atoms with Gasteiger partial charge in [-0.05, 0) is 22.9 Å². The van der Waals surface area contributed by atoms with Gasteiger partial charge < -0.3 is 26.2 Å². The van der Waals surface area contributed by atoms with Crippen LogP contribution in [-0.2, 0) is 19.2 Å². The molecule has 0 unspecified atom stereocenters. The molecule has 2 rings (SSSR count). The van der Waals surface area contributed by atoms with E-state index in [1.807, 2.05) is 11.8 Å². The van der Waals surface area contributed by atoms with Crippen molar-refractivity contribution in [1.82, 2.24) is 0 Å². The second-order valence-electron chi connectivity index (χ2n) is 5.72. The van der Waals surface area contributed by atoms with Crippen LogP contribution in [0.1, 0.15) is 25.7 Å². The molecule has 30 heavy (non-hydrogen) atoms. The van der Waals surface area contributed by atoms with Crippen LogP contribution in [0.3, 0.4) is 0 Å². The SMILES string of the molecule is NCCSc1ccc2ccccc2c1.O=C(O)CCC(=O)O.O=C(O)CCC(=O)O. The van der Waals surface area contributed by atoms with E-state index >= 15 is 0 Å². The molecule has 0 spiro atoms. The Morgan fingerprint density at radius 3 is 1.53 bits per heavy atom. The Morgan fingerprint density at radius 1 is 0.700 bits per heavy atom. The fraction of sp³-hybridized carbons (Fsp3) is 0.300. The number of aliphatic carboxylic acids is 4. The molecule has 6 N–H and O–H groups in total. The van der Waals surface area contributed by atoms with Gasteiger partial charge >= 0.3 is 23.9 Å². The summed E-state index contributed by atoms with van der Waals surface area (Å²) >= 11 is 1.81. The molecule has 2 aromatic carbocycles. The maximum atomic E-state index is 9.64. The van der Waals surface area contributed by atoms with Crippen LogP contribution in [0.15, 0.2) is 47.4 Å². The van der Waals surface area contributed by atoms with Gasteiger partial charge in [0.05, 0.1) is 25.7 Å². The number of carboxylic acids is 4. The van der Waals surface area contributed by atoms with Crippen molar-refractivity contribution < 1.29 is 39.6 Å². The molecule has 10 heteroatoms. The van der Waals surface area contributed by atoms with Crippen LogP contribution in [0.25, 0.3) is 10.8 Å². The molecule has 0 aliphatic rings. The molecule has 0 aliphatic carbocycles. The molecule has 0 amide bonds. The van der Waals surface area contributed by atoms with Gasteiger partial charge in [-0.15, -0.1) is 11.8 Å². The average Bonchev–Trinajstić information content (AvgIpc) is 2.70. The molecule has 0 heterocycles. The zero-order chi connectivity index (χ0) is 22.9. The first kappa shape index (κ1) is 26.9. The monoisotopic (exact) mass is 439 g/mol. The van der Waals surface area contributed by atoms with Gasteiger partial charge in [0.15, 0.2) is 0 Å². The van der Waals surface area contributed by atoms with Gasteiger partial charge in [-0.3, -0.25) is 19.2 Å². The normalized spacial score (nSPS) is 9.50. The van der Waals surface area contributed by atoms with Crippen LogP contribution in [0.5, 0.6) is 0 Å². The van der Waals surface area contributed by atoms with E-state index in [4.69, 9.17) is 26.2 Å². The molecule has 164 valence electrons. The van der Waals surface area contributed by atoms with Crippen LogP contribution in [0.4, 0.5) is 0 Å². The Balaban J connectivity index is 0.000000456. The van der Waals surface area contributed by atoms with Crippen molar-refractivity contribution in [2.24, 2.45) is 5.73 Å². The molecule has 0 aliphatic heterocycles. The van der Waals surface area contributed by atoms with Crippen molar-refractivity contribution in [2.45, 2.75) is 30.6 Å². The number of hydrogen-bond donors (Lipinski definition) is 5. The molecule has 0 atom stereocenters. The Morgan fingerprint density at radius 2 is 1.13 bits per heavy atom. The lowest BCUT2D eigenvalue weighted by Crippen LogP contribution is -2.00. The summed E-state index contributed by atoms with van der Waals surface area (Å²) in [6.45, 7) is 0.734. The molecular weight excluding hydrogens is 414 g/mol. The molecular formula is C20H25NO8S. The van der Waals surface area contributed by atoms with Gasteiger partial charge in [-0.25, -0.2) is 0 Å². The predicted molar refractivity (Wildman–Crippen MR) is 113 cm³/mol. The first-order chi connectivity index (χ1) is 14.1. The minimum absolute atomic E-state index is 0.296. The van der Waals surface area contributed by atoms with Gasteiger partial charge in [0, 0.05) is 17.2 Å². The summed E-state index contributed by atoms with van der Waals surface area (Å²) in [6, 6.07) is 14.9. The van der Waals surface area contributed by atoms with Crippen molar-refractivity contribution in [2.75, 3.05) is 12.3 Å². The molecule has 2 aromatic rings. The van der Waals surface area contributed by atoms with Gasteiger partial charge in [-0.1, -0.05) is 30.3 Å². The summed E-state index contributed by atoms with van der Waals surface area (Å²) in [7, 11) is 0. The number of thioether (sulfide) groups is 1. The number of benzene rings is 2. The summed E-state index contributed by atoms with van der Waals surface area (Å²) in [5.41, 5.74) is 5.47. The van der Waals surface area contributed by atoms with Crippen LogP contribution < -0.4 is 5.73 Å². The number of rotatable bonds is 9. The third-order valence-electron chi connectivity index (χ3n) is 3.21. The van der Waals surface area contributed by atoms with Crippen LogP contribution in [-0.4, -0.2) is 56.6 Å². The molecule has 0 aromatic heterocycles. The van der Waals surface area contributed by atoms with E-state index in [0.29, 0.717) is 0 Å². The number of hydrogen-bond acceptors (Lipinski definition) is 6. The second kappa shape index (κ2) is 15.8. The van der Waals surface area contributed by atoms with Gasteiger partial charge in [-0.2, -0.15) is 0 Å². The van der Waals surface area contributed by atoms with Crippen molar-refractivity contribution in [3.05, 3.63) is 42.5 Å². The fourth-order valence-electron chi connectivity index (χ4n) is 1.86. The average molecular weight is 439 g/mol. The summed E-state index contributed by atoms with van der Waals surface area (Å²) in [5.74, 6) is -3.32. The largest absolute Gasteiger partial charge is 0.481 e. The summed E-state index contributed by atoms with van der Waals surface area (Å²) in [4.78, 5) is 39.9. The van der Waals surface area contributed by atoms with E-state index < -0.39 is 23.9 Å². The first-order valence-electron chi connectivity index (χ1n) is 8.84. The lowest BCUT2D eigenvalue weighted by molar-refractivity contribution is -0.143. The first-order valence-corrected chi connectivity index (χ1v) is 9.83. The summed E-state index contributed by atoms with van der Waals surface area (Å²) < 4.78 is 0. The highest BCUT2D eigenvalue weighted by molar-refractivity contribution is 7.99. The molecule has 0 saturated heterocycles. The van der Waals surface area contributed by atoms with E-state index in [0.717, 1.165) is 12.3 Å². The minimum Gasteiger partial charge on any atom is -0.481 e. The lowest BCUT2D eigenvalue weighted by Gasteiger charge is -2.02. The van der Waals surface area contributed by atoms with Crippen molar-refractivity contribution >= 4 is 46.4 Å². The maximum Gasteiger partial charge on any atom is 0.303 e. The maximum absolute atomic E-state index is 9.64. The van der Waals surface area contributed by atoms with E-state index in [1.54, 1.807) is 0 Å². The Kier molecular flexibility index (Phi) is 14.1. The van der Waals surface area contributed by atoms with E-state index in [1.165, 1.54) is 15.7 Å². The fourth-order valence-corrected chi connectivity index (χ4v) is 2.59. The Hall–Kier alpha value is -3.11. The van der Waals surface area contributed by atoms with Crippen LogP contribution in [0, 0.1) is 0 Å². The van der Waals surface area contributed by atoms with E-state index in [2.05, 4.69) is 42.5 Å². The molecule has 0 radical (unpaired) electrons. The number of carbonyl (C=O) groups is 4. The quantitative estimate of drug-likeness (QED) is 0.365. The van der Waals surface area contributed by atoms with E-state index in [9.17, 15) is 19.2 Å². The molecule has 0 bridgehead atoms. The van der Waals surface area contributed by atoms with Crippen molar-refractivity contribution in [1.29, 1.82) is 0 Å². The van der Waals surface area contributed by atoms with Gasteiger partial charge in [0.2, 0.25) is 0 Å². The van der Waals surface area contributed by atoms with Crippen molar-refractivity contribution in [3.63, 3.8) is 0 Å². The Bertz CT molecular complexity index is 784. The van der Waals surface area contributed by atoms with Crippen LogP contribution in [0.2, 0.25) is 0 Å². The van der Waals surface area contributed by atoms with Crippen LogP contribution >= 0.6 is 11.8 Å². The van der Waals surface area contributed by atoms with Crippen molar-refractivity contribution in [3.8, 4) is 0 Å². The highest BCUT2D eigenvalue weighted by Crippen LogP contribution is 2.22. The Labute approximate surface area is 177 Å². The lowest BCUT2D eigenvalue weighted by atomic mass is 10.1. The molecule has 9 nitrogen and oxygen atoms in total. The number of carboxylic acid groups (broad SMARTS) is 4. The summed E-state index contributed by atoms with van der Waals surface area (Å²) in [6.07, 6.45) is -1.19. The second-order valence-corrected chi connectivity index (χ2v) is 6.89. The number of nitrogens with two attached hydrogens (primary N) is 1. The topological polar surface area (TPSA) is 175 Å². The third kappa shape index (κ3) is 14.9. The highest BCUT2D eigenvalue weighted by Gasteiger charge is 2.01. The van der Waals surface area contributed by atoms with E-state index in [-0.39, 0.29) is 25.7 Å². The van der Waals surface area contributed by atoms with Gasteiger partial charge in [0.1, 0.15) is 0 Å². The third-order valence-corrected chi connectivity index (χ3v) is 4.24. The highest BCUT2D eigenvalue weighted by atomic mass is 32.2. The summed E-state index contributed by atoms with van der Waals surface area (Å²) in [5, 5.41) is 34.2. The smallest absolute Gasteiger partial charge is 0.303 e. The zero-order valence-electron chi connectivity index (χ0n) is 16.2. The zero-order valence-corrected chi connectivity index (χ0v) is 17.0.